The number of carbonyl (C=O) groups excluding carboxylic acids is 1. The van der Waals surface area contributed by atoms with Crippen molar-refractivity contribution in [3.8, 4) is 17.6 Å². The quantitative estimate of drug-likeness (QED) is 0.233. The third-order valence-electron chi connectivity index (χ3n) is 7.99. The summed E-state index contributed by atoms with van der Waals surface area (Å²) in [7, 11) is 1.39. The molecule has 0 N–H and O–H groups in total. The first-order chi connectivity index (χ1) is 21.0. The highest BCUT2D eigenvalue weighted by molar-refractivity contribution is 5.93. The van der Waals surface area contributed by atoms with Crippen molar-refractivity contribution in [2.24, 2.45) is 0 Å². The van der Waals surface area contributed by atoms with Crippen LogP contribution >= 0.6 is 0 Å². The number of esters is 1. The summed E-state index contributed by atoms with van der Waals surface area (Å²) in [5, 5.41) is 9.25. The molecule has 0 unspecified atom stereocenters. The van der Waals surface area contributed by atoms with E-state index < -0.39 is 5.82 Å². The number of ether oxygens (including phenoxy) is 4. The highest BCUT2D eigenvalue weighted by Crippen LogP contribution is 2.26. The largest absolute Gasteiger partial charge is 0.490 e. The zero-order chi connectivity index (χ0) is 29.8. The Balaban J connectivity index is 1.07. The molecule has 0 spiro atoms. The molecule has 0 amide bonds. The molecule has 1 atom stereocenters. The topological polar surface area (TPSA) is 98.8 Å². The van der Waals surface area contributed by atoms with Gasteiger partial charge in [-0.15, -0.1) is 0 Å². The zero-order valence-electron chi connectivity index (χ0n) is 24.0. The molecular formula is C33H33FN4O5. The standard InChI is InChI=1S/C33H33FN4O5/c1-40-33(39)23-5-7-29-30(17-23)38(19-28-11-14-41-28)32(36-29)20-37-12-9-26(10-13-37)43-27-4-2-3-22(15-27)21-42-31-8-6-25(34)16-24(31)18-35/h2-8,15-17,26,28H,9-14,19-21H2,1H3/t28-/m0/s1. The van der Waals surface area contributed by atoms with Gasteiger partial charge in [0.15, 0.2) is 0 Å². The van der Waals surface area contributed by atoms with Gasteiger partial charge in [0, 0.05) is 19.7 Å². The van der Waals surface area contributed by atoms with Gasteiger partial charge in [-0.25, -0.2) is 14.2 Å². The lowest BCUT2D eigenvalue weighted by molar-refractivity contribution is -0.0592. The molecule has 9 nitrogen and oxygen atoms in total. The van der Waals surface area contributed by atoms with E-state index >= 15 is 0 Å². The molecule has 43 heavy (non-hydrogen) atoms. The number of aromatic nitrogens is 2. The maximum Gasteiger partial charge on any atom is 0.337 e. The fourth-order valence-corrected chi connectivity index (χ4v) is 5.54. The first kappa shape index (κ1) is 28.6. The predicted octanol–water partition coefficient (Wildman–Crippen LogP) is 5.24. The minimum atomic E-state index is -0.471. The van der Waals surface area contributed by atoms with E-state index in [0.717, 1.165) is 67.1 Å². The van der Waals surface area contributed by atoms with Crippen LogP contribution in [0, 0.1) is 17.1 Å². The molecule has 0 bridgehead atoms. The number of nitrogens with zero attached hydrogens (tertiary/aromatic N) is 4. The average Bonchev–Trinajstić information content (AvgIpc) is 3.34. The minimum absolute atomic E-state index is 0.0829. The Hall–Kier alpha value is -4.46. The number of piperidine rings is 1. The van der Waals surface area contributed by atoms with E-state index in [2.05, 4.69) is 9.47 Å². The van der Waals surface area contributed by atoms with Crippen molar-refractivity contribution in [2.45, 2.75) is 51.2 Å². The summed E-state index contributed by atoms with van der Waals surface area (Å²) < 4.78 is 38.4. The number of halogens is 1. The summed E-state index contributed by atoms with van der Waals surface area (Å²) in [5.41, 5.74) is 3.34. The van der Waals surface area contributed by atoms with Crippen LogP contribution in [-0.2, 0) is 29.2 Å². The first-order valence-electron chi connectivity index (χ1n) is 14.5. The lowest BCUT2D eigenvalue weighted by Gasteiger charge is -2.32. The molecule has 2 fully saturated rings. The molecular weight excluding hydrogens is 551 g/mol. The van der Waals surface area contributed by atoms with Gasteiger partial charge in [-0.1, -0.05) is 12.1 Å². The van der Waals surface area contributed by atoms with Crippen molar-refractivity contribution in [3.05, 3.63) is 89.0 Å². The monoisotopic (exact) mass is 584 g/mol. The van der Waals surface area contributed by atoms with Crippen LogP contribution in [0.25, 0.3) is 11.0 Å². The molecule has 2 saturated heterocycles. The van der Waals surface area contributed by atoms with Gasteiger partial charge in [-0.05, 0) is 73.4 Å². The zero-order valence-corrected chi connectivity index (χ0v) is 24.0. The fourth-order valence-electron chi connectivity index (χ4n) is 5.54. The molecule has 3 aromatic carbocycles. The molecule has 3 heterocycles. The minimum Gasteiger partial charge on any atom is -0.490 e. The molecule has 2 aliphatic rings. The number of nitriles is 1. The second kappa shape index (κ2) is 12.8. The third-order valence-corrected chi connectivity index (χ3v) is 7.99. The maximum atomic E-state index is 13.4. The van der Waals surface area contributed by atoms with E-state index in [-0.39, 0.29) is 30.3 Å². The van der Waals surface area contributed by atoms with Crippen LogP contribution in [0.15, 0.2) is 60.7 Å². The maximum absolute atomic E-state index is 13.4. The Morgan fingerprint density at radius 3 is 2.70 bits per heavy atom. The van der Waals surface area contributed by atoms with Crippen LogP contribution < -0.4 is 9.47 Å². The predicted molar refractivity (Wildman–Crippen MR) is 156 cm³/mol. The first-order valence-corrected chi connectivity index (χ1v) is 14.5. The summed E-state index contributed by atoms with van der Waals surface area (Å²) in [6.45, 7) is 4.15. The summed E-state index contributed by atoms with van der Waals surface area (Å²) in [4.78, 5) is 19.5. The molecule has 222 valence electrons. The molecule has 0 aliphatic carbocycles. The lowest BCUT2D eigenvalue weighted by atomic mass is 10.1. The third kappa shape index (κ3) is 6.63. The van der Waals surface area contributed by atoms with Crippen molar-refractivity contribution in [3.63, 3.8) is 0 Å². The summed E-state index contributed by atoms with van der Waals surface area (Å²) in [5.74, 6) is 1.24. The number of benzene rings is 3. The number of likely N-dealkylation sites (tertiary alicyclic amines) is 1. The van der Waals surface area contributed by atoms with Gasteiger partial charge >= 0.3 is 5.97 Å². The summed E-state index contributed by atoms with van der Waals surface area (Å²) in [6.07, 6.45) is 3.00. The summed E-state index contributed by atoms with van der Waals surface area (Å²) in [6, 6.07) is 19.1. The number of imidazole rings is 1. The molecule has 0 radical (unpaired) electrons. The second-order valence-electron chi connectivity index (χ2n) is 10.9. The molecule has 1 aromatic heterocycles. The highest BCUT2D eigenvalue weighted by atomic mass is 19.1. The van der Waals surface area contributed by atoms with Crippen molar-refractivity contribution in [1.82, 2.24) is 14.5 Å². The second-order valence-corrected chi connectivity index (χ2v) is 10.9. The van der Waals surface area contributed by atoms with Crippen LogP contribution in [0.3, 0.4) is 0 Å². The van der Waals surface area contributed by atoms with Gasteiger partial charge in [0.1, 0.15) is 41.9 Å². The lowest BCUT2D eigenvalue weighted by Crippen LogP contribution is -2.39. The van der Waals surface area contributed by atoms with Crippen LogP contribution in [0.2, 0.25) is 0 Å². The molecule has 2 aliphatic heterocycles. The van der Waals surface area contributed by atoms with E-state index in [1.54, 1.807) is 6.07 Å². The van der Waals surface area contributed by atoms with Crippen LogP contribution in [0.5, 0.6) is 11.5 Å². The van der Waals surface area contributed by atoms with Gasteiger partial charge < -0.3 is 23.5 Å². The van der Waals surface area contributed by atoms with Gasteiger partial charge in [0.05, 0.1) is 48.5 Å². The normalized spacial score (nSPS) is 17.3. The van der Waals surface area contributed by atoms with Gasteiger partial charge in [-0.2, -0.15) is 5.26 Å². The molecule has 6 rings (SSSR count). The van der Waals surface area contributed by atoms with Crippen molar-refractivity contribution in [2.75, 3.05) is 26.8 Å². The Labute approximate surface area is 249 Å². The highest BCUT2D eigenvalue weighted by Gasteiger charge is 2.26. The average molecular weight is 585 g/mol. The number of fused-ring (bicyclic) bond motifs is 1. The number of hydrogen-bond acceptors (Lipinski definition) is 8. The van der Waals surface area contributed by atoms with Gasteiger partial charge in [0.2, 0.25) is 0 Å². The SMILES string of the molecule is COC(=O)c1ccc2nc(CN3CCC(Oc4cccc(COc5ccc(F)cc5C#N)c4)CC3)n(C[C@@H]3CCO3)c2c1. The van der Waals surface area contributed by atoms with E-state index in [4.69, 9.17) is 23.9 Å². The van der Waals surface area contributed by atoms with Crippen molar-refractivity contribution >= 4 is 17.0 Å². The van der Waals surface area contributed by atoms with E-state index in [1.807, 2.05) is 42.5 Å². The van der Waals surface area contributed by atoms with E-state index in [0.29, 0.717) is 24.4 Å². The Bertz CT molecular complexity index is 1650. The molecule has 4 aromatic rings. The Morgan fingerprint density at radius 2 is 1.95 bits per heavy atom. The molecule has 10 heteroatoms. The number of rotatable bonds is 10. The number of carbonyl (C=O) groups is 1. The van der Waals surface area contributed by atoms with Gasteiger partial charge in [-0.3, -0.25) is 4.90 Å². The Kier molecular flexibility index (Phi) is 8.54. The Morgan fingerprint density at radius 1 is 1.12 bits per heavy atom. The number of methoxy groups -OCH3 is 1. The fraction of sp³-hybridized carbons (Fsp3) is 0.364. The van der Waals surface area contributed by atoms with E-state index in [1.165, 1.54) is 25.3 Å². The van der Waals surface area contributed by atoms with Crippen LogP contribution in [0.1, 0.15) is 46.6 Å². The smallest absolute Gasteiger partial charge is 0.337 e. The summed E-state index contributed by atoms with van der Waals surface area (Å²) >= 11 is 0. The number of hydrogen-bond donors (Lipinski definition) is 0. The van der Waals surface area contributed by atoms with Crippen molar-refractivity contribution in [1.29, 1.82) is 5.26 Å². The van der Waals surface area contributed by atoms with Crippen LogP contribution in [-0.4, -0.2) is 59.4 Å². The van der Waals surface area contributed by atoms with Crippen molar-refractivity contribution < 1.29 is 28.1 Å². The van der Waals surface area contributed by atoms with Gasteiger partial charge in [0.25, 0.3) is 0 Å². The molecule has 0 saturated carbocycles. The van der Waals surface area contributed by atoms with Crippen LogP contribution in [0.4, 0.5) is 4.39 Å². The van der Waals surface area contributed by atoms with E-state index in [9.17, 15) is 14.4 Å².